The number of nitrogens with zero attached hydrogens (tertiary/aromatic N) is 1. The van der Waals surface area contributed by atoms with E-state index in [-0.39, 0.29) is 6.10 Å². The Hall–Kier alpha value is -0.120. The minimum Gasteiger partial charge on any atom is -0.377 e. The molecule has 1 rings (SSSR count). The normalized spacial score (nSPS) is 25.8. The fourth-order valence-corrected chi connectivity index (χ4v) is 2.42. The number of likely N-dealkylation sites (tertiary alicyclic amines) is 1. The molecule has 3 heteroatoms. The van der Waals surface area contributed by atoms with Crippen molar-refractivity contribution in [1.29, 1.82) is 0 Å². The first-order valence-electron chi connectivity index (χ1n) is 6.24. The van der Waals surface area contributed by atoms with Crippen LogP contribution < -0.4 is 5.73 Å². The van der Waals surface area contributed by atoms with Crippen molar-refractivity contribution >= 4 is 0 Å². The van der Waals surface area contributed by atoms with E-state index in [0.717, 1.165) is 13.2 Å². The summed E-state index contributed by atoms with van der Waals surface area (Å²) in [5.74, 6) is 0.631. The molecule has 2 atom stereocenters. The van der Waals surface area contributed by atoms with Gasteiger partial charge in [0, 0.05) is 25.7 Å². The SMILES string of the molecule is CCOC(CN)C1CCCN(C(C)C)C1. The Morgan fingerprint density at radius 3 is 2.73 bits per heavy atom. The van der Waals surface area contributed by atoms with Crippen LogP contribution in [0.4, 0.5) is 0 Å². The van der Waals surface area contributed by atoms with Crippen molar-refractivity contribution in [2.24, 2.45) is 11.7 Å². The van der Waals surface area contributed by atoms with E-state index in [9.17, 15) is 0 Å². The van der Waals surface area contributed by atoms with E-state index in [4.69, 9.17) is 10.5 Å². The highest BCUT2D eigenvalue weighted by atomic mass is 16.5. The number of hydrogen-bond acceptors (Lipinski definition) is 3. The molecule has 0 saturated carbocycles. The topological polar surface area (TPSA) is 38.5 Å². The summed E-state index contributed by atoms with van der Waals surface area (Å²) in [5.41, 5.74) is 5.77. The molecule has 0 aromatic heterocycles. The average molecular weight is 214 g/mol. The predicted molar refractivity (Wildman–Crippen MR) is 63.9 cm³/mol. The number of rotatable bonds is 5. The summed E-state index contributed by atoms with van der Waals surface area (Å²) in [6.45, 7) is 10.4. The van der Waals surface area contributed by atoms with Gasteiger partial charge in [-0.05, 0) is 46.1 Å². The molecule has 2 N–H and O–H groups in total. The van der Waals surface area contributed by atoms with Gasteiger partial charge in [-0.15, -0.1) is 0 Å². The second kappa shape index (κ2) is 6.46. The molecule has 1 aliphatic rings. The van der Waals surface area contributed by atoms with Crippen LogP contribution in [0.2, 0.25) is 0 Å². The van der Waals surface area contributed by atoms with Crippen LogP contribution in [0.1, 0.15) is 33.6 Å². The van der Waals surface area contributed by atoms with Crippen molar-refractivity contribution in [2.75, 3.05) is 26.2 Å². The largest absolute Gasteiger partial charge is 0.377 e. The zero-order valence-electron chi connectivity index (χ0n) is 10.4. The van der Waals surface area contributed by atoms with Gasteiger partial charge in [0.25, 0.3) is 0 Å². The lowest BCUT2D eigenvalue weighted by atomic mass is 9.91. The van der Waals surface area contributed by atoms with Gasteiger partial charge in [-0.2, -0.15) is 0 Å². The molecule has 0 amide bonds. The number of hydrogen-bond donors (Lipinski definition) is 1. The zero-order valence-corrected chi connectivity index (χ0v) is 10.4. The van der Waals surface area contributed by atoms with Crippen molar-refractivity contribution in [3.05, 3.63) is 0 Å². The molecule has 1 fully saturated rings. The first kappa shape index (κ1) is 12.9. The first-order valence-corrected chi connectivity index (χ1v) is 6.24. The van der Waals surface area contributed by atoms with Crippen LogP contribution in [0.3, 0.4) is 0 Å². The van der Waals surface area contributed by atoms with Gasteiger partial charge in [0.1, 0.15) is 0 Å². The molecule has 2 unspecified atom stereocenters. The molecule has 1 saturated heterocycles. The molecule has 3 nitrogen and oxygen atoms in total. The highest BCUT2D eigenvalue weighted by Gasteiger charge is 2.27. The van der Waals surface area contributed by atoms with E-state index in [2.05, 4.69) is 18.7 Å². The monoisotopic (exact) mass is 214 g/mol. The van der Waals surface area contributed by atoms with Crippen molar-refractivity contribution in [2.45, 2.75) is 45.8 Å². The molecule has 0 bridgehead atoms. The molecule has 0 aromatic carbocycles. The Balaban J connectivity index is 2.46. The Kier molecular flexibility index (Phi) is 5.58. The average Bonchev–Trinajstić information content (AvgIpc) is 2.26. The van der Waals surface area contributed by atoms with Crippen LogP contribution in [0.15, 0.2) is 0 Å². The van der Waals surface area contributed by atoms with Gasteiger partial charge < -0.3 is 15.4 Å². The second-order valence-electron chi connectivity index (χ2n) is 4.72. The number of nitrogens with two attached hydrogens (primary N) is 1. The molecule has 1 heterocycles. The summed E-state index contributed by atoms with van der Waals surface area (Å²) >= 11 is 0. The Morgan fingerprint density at radius 2 is 2.20 bits per heavy atom. The quantitative estimate of drug-likeness (QED) is 0.753. The third kappa shape index (κ3) is 3.74. The summed E-state index contributed by atoms with van der Waals surface area (Å²) in [7, 11) is 0. The van der Waals surface area contributed by atoms with Gasteiger partial charge in [-0.1, -0.05) is 0 Å². The molecular weight excluding hydrogens is 188 g/mol. The van der Waals surface area contributed by atoms with E-state index in [1.165, 1.54) is 19.4 Å². The maximum absolute atomic E-state index is 5.77. The molecule has 0 aliphatic carbocycles. The third-order valence-electron chi connectivity index (χ3n) is 3.36. The summed E-state index contributed by atoms with van der Waals surface area (Å²) < 4.78 is 5.71. The van der Waals surface area contributed by atoms with Gasteiger partial charge in [0.15, 0.2) is 0 Å². The van der Waals surface area contributed by atoms with Crippen molar-refractivity contribution in [3.8, 4) is 0 Å². The van der Waals surface area contributed by atoms with Crippen molar-refractivity contribution in [1.82, 2.24) is 4.90 Å². The van der Waals surface area contributed by atoms with Gasteiger partial charge in [-0.25, -0.2) is 0 Å². The summed E-state index contributed by atoms with van der Waals surface area (Å²) in [6, 6.07) is 0.646. The zero-order chi connectivity index (χ0) is 11.3. The lowest BCUT2D eigenvalue weighted by Gasteiger charge is -2.38. The Morgan fingerprint density at radius 1 is 1.47 bits per heavy atom. The van der Waals surface area contributed by atoms with E-state index >= 15 is 0 Å². The number of ether oxygens (including phenoxy) is 1. The standard InChI is InChI=1S/C12H26N2O/c1-4-15-12(8-13)11-6-5-7-14(9-11)10(2)3/h10-12H,4-9,13H2,1-3H3. The van der Waals surface area contributed by atoms with Crippen LogP contribution >= 0.6 is 0 Å². The minimum absolute atomic E-state index is 0.261. The Labute approximate surface area is 94.0 Å². The Bertz CT molecular complexity index is 173. The predicted octanol–water partition coefficient (Wildman–Crippen LogP) is 1.47. The summed E-state index contributed by atoms with van der Waals surface area (Å²) in [6.07, 6.45) is 2.81. The van der Waals surface area contributed by atoms with Crippen LogP contribution in [-0.4, -0.2) is 43.3 Å². The fourth-order valence-electron chi connectivity index (χ4n) is 2.42. The molecule has 0 aromatic rings. The maximum atomic E-state index is 5.77. The van der Waals surface area contributed by atoms with Gasteiger partial charge in [-0.3, -0.25) is 0 Å². The van der Waals surface area contributed by atoms with Crippen LogP contribution in [0.5, 0.6) is 0 Å². The lowest BCUT2D eigenvalue weighted by Crippen LogP contribution is -2.46. The first-order chi connectivity index (χ1) is 7.19. The smallest absolute Gasteiger partial charge is 0.0737 e. The third-order valence-corrected chi connectivity index (χ3v) is 3.36. The number of piperidine rings is 1. The van der Waals surface area contributed by atoms with Gasteiger partial charge >= 0.3 is 0 Å². The van der Waals surface area contributed by atoms with Crippen LogP contribution in [0, 0.1) is 5.92 Å². The molecule has 90 valence electrons. The van der Waals surface area contributed by atoms with E-state index in [1.807, 2.05) is 6.92 Å². The van der Waals surface area contributed by atoms with E-state index in [1.54, 1.807) is 0 Å². The minimum atomic E-state index is 0.261. The van der Waals surface area contributed by atoms with Crippen molar-refractivity contribution < 1.29 is 4.74 Å². The van der Waals surface area contributed by atoms with E-state index in [0.29, 0.717) is 18.5 Å². The summed E-state index contributed by atoms with van der Waals surface area (Å²) in [5, 5.41) is 0. The van der Waals surface area contributed by atoms with Gasteiger partial charge in [0.05, 0.1) is 6.10 Å². The fraction of sp³-hybridized carbons (Fsp3) is 1.00. The van der Waals surface area contributed by atoms with Crippen molar-refractivity contribution in [3.63, 3.8) is 0 Å². The maximum Gasteiger partial charge on any atom is 0.0737 e. The van der Waals surface area contributed by atoms with Gasteiger partial charge in [0.2, 0.25) is 0 Å². The molecule has 1 aliphatic heterocycles. The molecule has 0 spiro atoms. The van der Waals surface area contributed by atoms with Crippen LogP contribution in [0.25, 0.3) is 0 Å². The molecule has 15 heavy (non-hydrogen) atoms. The van der Waals surface area contributed by atoms with Crippen LogP contribution in [-0.2, 0) is 4.74 Å². The second-order valence-corrected chi connectivity index (χ2v) is 4.72. The van der Waals surface area contributed by atoms with E-state index < -0.39 is 0 Å². The highest BCUT2D eigenvalue weighted by molar-refractivity contribution is 4.81. The summed E-state index contributed by atoms with van der Waals surface area (Å²) in [4.78, 5) is 2.54. The highest BCUT2D eigenvalue weighted by Crippen LogP contribution is 2.22. The molecular formula is C12H26N2O. The lowest BCUT2D eigenvalue weighted by molar-refractivity contribution is -0.00779. The molecule has 0 radical (unpaired) electrons.